The molecule has 1 N–H and O–H groups in total. The SMILES string of the molecule is CCOCCON(C(=O)C(O)c1nnc(C(F)(F)OC)s1)C(C)C. The molecular weight excluding hydrogens is 348 g/mol. The number of halogens is 2. The summed E-state index contributed by atoms with van der Waals surface area (Å²) in [5.41, 5.74) is 0. The fourth-order valence-electron chi connectivity index (χ4n) is 1.58. The Kier molecular flexibility index (Phi) is 8.03. The van der Waals surface area contributed by atoms with E-state index < -0.39 is 23.1 Å². The average Bonchev–Trinajstić information content (AvgIpc) is 3.04. The van der Waals surface area contributed by atoms with Crippen LogP contribution in [0.1, 0.15) is 36.9 Å². The second-order valence-electron chi connectivity index (χ2n) is 4.86. The van der Waals surface area contributed by atoms with E-state index in [0.717, 1.165) is 12.2 Å². The number of hydrogen-bond acceptors (Lipinski definition) is 8. The number of nitrogens with zero attached hydrogens (tertiary/aromatic N) is 3. The molecule has 1 rings (SSSR count). The predicted octanol–water partition coefficient (Wildman–Crippen LogP) is 1.47. The zero-order valence-electron chi connectivity index (χ0n) is 13.9. The molecule has 1 aromatic rings. The summed E-state index contributed by atoms with van der Waals surface area (Å²) >= 11 is 0.387. The van der Waals surface area contributed by atoms with Gasteiger partial charge < -0.3 is 14.6 Å². The lowest BCUT2D eigenvalue weighted by Gasteiger charge is -2.27. The summed E-state index contributed by atoms with van der Waals surface area (Å²) in [5.74, 6) is -0.829. The first-order chi connectivity index (χ1) is 11.2. The quantitative estimate of drug-likeness (QED) is 0.493. The van der Waals surface area contributed by atoms with Crippen molar-refractivity contribution in [1.29, 1.82) is 0 Å². The molecule has 8 nitrogen and oxygen atoms in total. The Morgan fingerprint density at radius 1 is 1.38 bits per heavy atom. The summed E-state index contributed by atoms with van der Waals surface area (Å²) < 4.78 is 35.8. The average molecular weight is 369 g/mol. The fourth-order valence-corrected chi connectivity index (χ4v) is 2.36. The number of amides is 1. The molecule has 0 aliphatic carbocycles. The van der Waals surface area contributed by atoms with Crippen LogP contribution < -0.4 is 0 Å². The number of alkyl halides is 2. The number of methoxy groups -OCH3 is 1. The van der Waals surface area contributed by atoms with Gasteiger partial charge in [-0.2, -0.15) is 8.78 Å². The number of carbonyl (C=O) groups is 1. The normalized spacial score (nSPS) is 13.3. The first-order valence-electron chi connectivity index (χ1n) is 7.23. The van der Waals surface area contributed by atoms with Crippen molar-refractivity contribution in [3.05, 3.63) is 10.0 Å². The first kappa shape index (κ1) is 20.8. The third-order valence-electron chi connectivity index (χ3n) is 2.76. The number of aliphatic hydroxyl groups excluding tert-OH is 1. The number of hydroxylamine groups is 2. The van der Waals surface area contributed by atoms with Crippen molar-refractivity contribution in [3.63, 3.8) is 0 Å². The summed E-state index contributed by atoms with van der Waals surface area (Å²) in [5, 5.41) is 16.7. The molecule has 1 heterocycles. The molecule has 24 heavy (non-hydrogen) atoms. The van der Waals surface area contributed by atoms with Gasteiger partial charge in [-0.05, 0) is 20.8 Å². The molecule has 1 unspecified atom stereocenters. The number of ether oxygens (including phenoxy) is 2. The molecule has 0 aliphatic rings. The van der Waals surface area contributed by atoms with Crippen LogP contribution in [0, 0.1) is 0 Å². The summed E-state index contributed by atoms with van der Waals surface area (Å²) in [6, 6.07) is -0.387. The maximum Gasteiger partial charge on any atom is 0.411 e. The molecule has 0 radical (unpaired) electrons. The largest absolute Gasteiger partial charge is 0.411 e. The van der Waals surface area contributed by atoms with E-state index >= 15 is 0 Å². The fraction of sp³-hybridized carbons (Fsp3) is 0.769. The van der Waals surface area contributed by atoms with E-state index in [2.05, 4.69) is 14.9 Å². The van der Waals surface area contributed by atoms with Crippen molar-refractivity contribution in [2.24, 2.45) is 0 Å². The van der Waals surface area contributed by atoms with E-state index in [1.165, 1.54) is 0 Å². The van der Waals surface area contributed by atoms with Gasteiger partial charge in [-0.3, -0.25) is 9.63 Å². The van der Waals surface area contributed by atoms with Gasteiger partial charge in [0.1, 0.15) is 0 Å². The second kappa shape index (κ2) is 9.28. The second-order valence-corrected chi connectivity index (χ2v) is 5.87. The summed E-state index contributed by atoms with van der Waals surface area (Å²) in [6.45, 7) is 6.05. The van der Waals surface area contributed by atoms with Gasteiger partial charge in [0.2, 0.25) is 5.01 Å². The highest BCUT2D eigenvalue weighted by Gasteiger charge is 2.38. The smallest absolute Gasteiger partial charge is 0.379 e. The summed E-state index contributed by atoms with van der Waals surface area (Å²) in [6.07, 6.45) is -5.40. The molecule has 1 atom stereocenters. The molecule has 0 saturated carbocycles. The lowest BCUT2D eigenvalue weighted by atomic mass is 10.3. The van der Waals surface area contributed by atoms with Crippen molar-refractivity contribution in [2.75, 3.05) is 26.9 Å². The van der Waals surface area contributed by atoms with Gasteiger partial charge in [-0.15, -0.1) is 10.2 Å². The van der Waals surface area contributed by atoms with Crippen LogP contribution in [0.4, 0.5) is 8.78 Å². The maximum absolute atomic E-state index is 13.4. The van der Waals surface area contributed by atoms with E-state index in [1.807, 2.05) is 6.92 Å². The van der Waals surface area contributed by atoms with Crippen LogP contribution >= 0.6 is 11.3 Å². The summed E-state index contributed by atoms with van der Waals surface area (Å²) in [7, 11) is 0.815. The van der Waals surface area contributed by atoms with Crippen LogP contribution in [0.5, 0.6) is 0 Å². The Balaban J connectivity index is 2.79. The molecule has 0 aromatic carbocycles. The van der Waals surface area contributed by atoms with Crippen molar-refractivity contribution >= 4 is 17.2 Å². The lowest BCUT2D eigenvalue weighted by Crippen LogP contribution is -2.40. The monoisotopic (exact) mass is 369 g/mol. The Hall–Kier alpha value is -1.27. The van der Waals surface area contributed by atoms with E-state index in [-0.39, 0.29) is 24.3 Å². The standard InChI is InChI=1S/C13H21F2N3O5S/c1-5-22-6-7-23-18(8(2)3)11(20)9(19)10-16-17-12(24-10)13(14,15)21-4/h8-9,19H,5-7H2,1-4H3. The van der Waals surface area contributed by atoms with E-state index in [9.17, 15) is 18.7 Å². The third kappa shape index (κ3) is 5.38. The minimum Gasteiger partial charge on any atom is -0.379 e. The molecule has 138 valence electrons. The third-order valence-corrected chi connectivity index (χ3v) is 3.79. The molecule has 0 spiro atoms. The minimum atomic E-state index is -3.63. The van der Waals surface area contributed by atoms with Crippen LogP contribution in [0.2, 0.25) is 0 Å². The minimum absolute atomic E-state index is 0.105. The lowest BCUT2D eigenvalue weighted by molar-refractivity contribution is -0.231. The highest BCUT2D eigenvalue weighted by atomic mass is 32.1. The summed E-state index contributed by atoms with van der Waals surface area (Å²) in [4.78, 5) is 17.6. The molecule has 0 bridgehead atoms. The van der Waals surface area contributed by atoms with E-state index in [1.54, 1.807) is 13.8 Å². The number of rotatable bonds is 10. The van der Waals surface area contributed by atoms with Crippen LogP contribution in [-0.2, 0) is 25.2 Å². The first-order valence-corrected chi connectivity index (χ1v) is 8.04. The Morgan fingerprint density at radius 2 is 2.04 bits per heavy atom. The van der Waals surface area contributed by atoms with Crippen molar-refractivity contribution in [2.45, 2.75) is 39.0 Å². The highest BCUT2D eigenvalue weighted by molar-refractivity contribution is 7.11. The topological polar surface area (TPSA) is 94.0 Å². The van der Waals surface area contributed by atoms with Crippen LogP contribution in [0.15, 0.2) is 0 Å². The number of aliphatic hydroxyl groups is 1. The number of aromatic nitrogens is 2. The molecule has 0 fully saturated rings. The predicted molar refractivity (Wildman–Crippen MR) is 80.2 cm³/mol. The van der Waals surface area contributed by atoms with Crippen molar-refractivity contribution in [1.82, 2.24) is 15.3 Å². The van der Waals surface area contributed by atoms with Crippen LogP contribution in [0.25, 0.3) is 0 Å². The Morgan fingerprint density at radius 3 is 2.58 bits per heavy atom. The zero-order chi connectivity index (χ0) is 18.3. The van der Waals surface area contributed by atoms with Crippen molar-refractivity contribution in [3.8, 4) is 0 Å². The van der Waals surface area contributed by atoms with Gasteiger partial charge in [0.15, 0.2) is 11.1 Å². The highest BCUT2D eigenvalue weighted by Crippen LogP contribution is 2.33. The molecule has 11 heteroatoms. The Labute approximate surface area is 142 Å². The van der Waals surface area contributed by atoms with Crippen LogP contribution in [-0.4, -0.2) is 59.2 Å². The van der Waals surface area contributed by atoms with Gasteiger partial charge in [0, 0.05) is 13.7 Å². The van der Waals surface area contributed by atoms with E-state index in [0.29, 0.717) is 17.9 Å². The van der Waals surface area contributed by atoms with Gasteiger partial charge in [0.05, 0.1) is 19.3 Å². The van der Waals surface area contributed by atoms with Gasteiger partial charge in [-0.1, -0.05) is 11.3 Å². The van der Waals surface area contributed by atoms with Gasteiger partial charge in [0.25, 0.3) is 5.91 Å². The molecule has 1 aromatic heterocycles. The molecule has 0 aliphatic heterocycles. The Bertz CT molecular complexity index is 529. The van der Waals surface area contributed by atoms with Gasteiger partial charge in [-0.25, -0.2) is 5.06 Å². The molecule has 1 amide bonds. The number of hydrogen-bond donors (Lipinski definition) is 1. The number of carbonyl (C=O) groups excluding carboxylic acids is 1. The maximum atomic E-state index is 13.4. The van der Waals surface area contributed by atoms with E-state index in [4.69, 9.17) is 9.57 Å². The van der Waals surface area contributed by atoms with Crippen molar-refractivity contribution < 1.29 is 33.0 Å². The zero-order valence-corrected chi connectivity index (χ0v) is 14.7. The molecular formula is C13H21F2N3O5S. The molecule has 0 saturated heterocycles. The van der Waals surface area contributed by atoms with Crippen LogP contribution in [0.3, 0.4) is 0 Å². The van der Waals surface area contributed by atoms with Gasteiger partial charge >= 0.3 is 6.11 Å².